The van der Waals surface area contributed by atoms with E-state index in [0.29, 0.717) is 18.1 Å². The minimum Gasteiger partial charge on any atom is -0.299 e. The smallest absolute Gasteiger partial charge is 0.136 e. The highest BCUT2D eigenvalue weighted by molar-refractivity contribution is 5.83. The average molecular weight is 306 g/mol. The minimum absolute atomic E-state index is 0.104. The Balaban J connectivity index is 1.99. The molecule has 0 N–H and O–H groups in total. The van der Waals surface area contributed by atoms with Crippen LogP contribution >= 0.6 is 0 Å². The Morgan fingerprint density at radius 3 is 2.74 bits per heavy atom. The van der Waals surface area contributed by atoms with E-state index in [9.17, 15) is 4.79 Å². The van der Waals surface area contributed by atoms with Crippen LogP contribution in [0.5, 0.6) is 0 Å². The minimum atomic E-state index is -0.129. The summed E-state index contributed by atoms with van der Waals surface area (Å²) in [6, 6.07) is 10.7. The SMILES string of the molecule is Cc1ncc2c(n1)[C@@]1(c3ccccc3)CCC(=O)[C@@H](C)[C@@H]1CC2. The Morgan fingerprint density at radius 2 is 1.96 bits per heavy atom. The lowest BCUT2D eigenvalue weighted by Gasteiger charge is -2.50. The average Bonchev–Trinajstić information content (AvgIpc) is 2.58. The predicted molar refractivity (Wildman–Crippen MR) is 89.2 cm³/mol. The molecular weight excluding hydrogens is 284 g/mol. The van der Waals surface area contributed by atoms with E-state index < -0.39 is 0 Å². The third-order valence-corrected chi connectivity index (χ3v) is 5.93. The zero-order valence-corrected chi connectivity index (χ0v) is 13.7. The lowest BCUT2D eigenvalue weighted by Crippen LogP contribution is -2.50. The topological polar surface area (TPSA) is 42.9 Å². The Morgan fingerprint density at radius 1 is 1.17 bits per heavy atom. The summed E-state index contributed by atoms with van der Waals surface area (Å²) in [4.78, 5) is 21.7. The van der Waals surface area contributed by atoms with Crippen molar-refractivity contribution in [3.05, 3.63) is 59.2 Å². The number of nitrogens with zero attached hydrogens (tertiary/aromatic N) is 2. The Hall–Kier alpha value is -2.03. The van der Waals surface area contributed by atoms with Gasteiger partial charge < -0.3 is 0 Å². The van der Waals surface area contributed by atoms with Crippen molar-refractivity contribution in [2.45, 2.75) is 44.9 Å². The van der Waals surface area contributed by atoms with Crippen LogP contribution in [-0.2, 0) is 16.6 Å². The molecule has 3 heteroatoms. The first-order valence-electron chi connectivity index (χ1n) is 8.54. The van der Waals surface area contributed by atoms with Gasteiger partial charge >= 0.3 is 0 Å². The normalized spacial score (nSPS) is 29.7. The molecule has 1 saturated carbocycles. The highest BCUT2D eigenvalue weighted by atomic mass is 16.1. The van der Waals surface area contributed by atoms with Gasteiger partial charge in [-0.25, -0.2) is 9.97 Å². The van der Waals surface area contributed by atoms with Crippen LogP contribution in [0.4, 0.5) is 0 Å². The molecule has 23 heavy (non-hydrogen) atoms. The monoisotopic (exact) mass is 306 g/mol. The molecule has 2 aromatic rings. The van der Waals surface area contributed by atoms with Gasteiger partial charge in [0.2, 0.25) is 0 Å². The fourth-order valence-corrected chi connectivity index (χ4v) is 4.78. The second kappa shape index (κ2) is 5.26. The predicted octanol–water partition coefficient (Wildman–Crippen LogP) is 3.63. The summed E-state index contributed by atoms with van der Waals surface area (Å²) in [6.07, 6.45) is 5.54. The van der Waals surface area contributed by atoms with Gasteiger partial charge in [-0.2, -0.15) is 0 Å². The summed E-state index contributed by atoms with van der Waals surface area (Å²) in [7, 11) is 0. The zero-order valence-electron chi connectivity index (χ0n) is 13.7. The third-order valence-electron chi connectivity index (χ3n) is 5.93. The number of hydrogen-bond donors (Lipinski definition) is 0. The van der Waals surface area contributed by atoms with Gasteiger partial charge in [-0.15, -0.1) is 0 Å². The van der Waals surface area contributed by atoms with Crippen LogP contribution in [0.3, 0.4) is 0 Å². The first-order chi connectivity index (χ1) is 11.1. The second-order valence-electron chi connectivity index (χ2n) is 7.03. The molecule has 0 amide bonds. The molecule has 1 fully saturated rings. The van der Waals surface area contributed by atoms with Crippen molar-refractivity contribution in [1.82, 2.24) is 9.97 Å². The second-order valence-corrected chi connectivity index (χ2v) is 7.03. The first-order valence-corrected chi connectivity index (χ1v) is 8.54. The maximum atomic E-state index is 12.4. The number of ketones is 1. The molecule has 0 radical (unpaired) electrons. The molecule has 3 atom stereocenters. The molecule has 2 aliphatic rings. The Labute approximate surface area is 137 Å². The van der Waals surface area contributed by atoms with Gasteiger partial charge in [-0.3, -0.25) is 4.79 Å². The number of aromatic nitrogens is 2. The molecule has 0 unspecified atom stereocenters. The van der Waals surface area contributed by atoms with Crippen molar-refractivity contribution in [1.29, 1.82) is 0 Å². The number of Topliss-reactive ketones (excluding diaryl/α,β-unsaturated/α-hetero) is 1. The Kier molecular flexibility index (Phi) is 3.33. The van der Waals surface area contributed by atoms with E-state index in [1.165, 1.54) is 16.8 Å². The third kappa shape index (κ3) is 2.06. The molecule has 0 spiro atoms. The fourth-order valence-electron chi connectivity index (χ4n) is 4.78. The van der Waals surface area contributed by atoms with Gasteiger partial charge in [0.1, 0.15) is 11.6 Å². The van der Waals surface area contributed by atoms with Crippen molar-refractivity contribution in [2.24, 2.45) is 11.8 Å². The highest BCUT2D eigenvalue weighted by Gasteiger charge is 2.52. The van der Waals surface area contributed by atoms with Crippen molar-refractivity contribution in [2.75, 3.05) is 0 Å². The van der Waals surface area contributed by atoms with E-state index >= 15 is 0 Å². The molecule has 0 bridgehead atoms. The molecule has 1 heterocycles. The lowest BCUT2D eigenvalue weighted by molar-refractivity contribution is -0.128. The summed E-state index contributed by atoms with van der Waals surface area (Å²) < 4.78 is 0. The summed E-state index contributed by atoms with van der Waals surface area (Å²) in [5.41, 5.74) is 3.61. The van der Waals surface area contributed by atoms with Crippen molar-refractivity contribution >= 4 is 5.78 Å². The van der Waals surface area contributed by atoms with Crippen LogP contribution in [-0.4, -0.2) is 15.8 Å². The summed E-state index contributed by atoms with van der Waals surface area (Å²) in [5, 5.41) is 0. The lowest BCUT2D eigenvalue weighted by atomic mass is 9.53. The van der Waals surface area contributed by atoms with Gasteiger partial charge in [0, 0.05) is 24.0 Å². The highest BCUT2D eigenvalue weighted by Crippen LogP contribution is 2.54. The van der Waals surface area contributed by atoms with Crippen molar-refractivity contribution in [3.63, 3.8) is 0 Å². The Bertz CT molecular complexity index is 755. The van der Waals surface area contributed by atoms with E-state index in [4.69, 9.17) is 4.98 Å². The number of fused-ring (bicyclic) bond motifs is 3. The van der Waals surface area contributed by atoms with E-state index in [0.717, 1.165) is 25.1 Å². The maximum absolute atomic E-state index is 12.4. The van der Waals surface area contributed by atoms with Gasteiger partial charge in [0.15, 0.2) is 0 Å². The number of carbonyl (C=O) groups excluding carboxylic acids is 1. The number of aryl methyl sites for hydroxylation is 2. The van der Waals surface area contributed by atoms with Gasteiger partial charge in [-0.05, 0) is 43.2 Å². The standard InChI is InChI=1S/C20H22N2O/c1-13-17-9-8-15-12-21-14(2)22-19(15)20(17,11-10-18(13)23)16-6-4-3-5-7-16/h3-7,12-13,17H,8-11H2,1-2H3/t13-,17-,20+/m0/s1. The number of benzene rings is 1. The van der Waals surface area contributed by atoms with Crippen LogP contribution in [0.1, 0.15) is 48.8 Å². The summed E-state index contributed by atoms with van der Waals surface area (Å²) in [5.74, 6) is 1.68. The van der Waals surface area contributed by atoms with Crippen LogP contribution in [0, 0.1) is 18.8 Å². The van der Waals surface area contributed by atoms with Gasteiger partial charge in [0.05, 0.1) is 5.69 Å². The molecular formula is C20H22N2O. The summed E-state index contributed by atoms with van der Waals surface area (Å²) in [6.45, 7) is 4.07. The molecule has 4 rings (SSSR count). The molecule has 0 saturated heterocycles. The van der Waals surface area contributed by atoms with Crippen LogP contribution < -0.4 is 0 Å². The van der Waals surface area contributed by atoms with Crippen LogP contribution in [0.25, 0.3) is 0 Å². The van der Waals surface area contributed by atoms with Crippen molar-refractivity contribution < 1.29 is 4.79 Å². The van der Waals surface area contributed by atoms with E-state index in [2.05, 4.69) is 42.2 Å². The van der Waals surface area contributed by atoms with Gasteiger partial charge in [-0.1, -0.05) is 37.3 Å². The van der Waals surface area contributed by atoms with Crippen molar-refractivity contribution in [3.8, 4) is 0 Å². The fraction of sp³-hybridized carbons (Fsp3) is 0.450. The van der Waals surface area contributed by atoms with Gasteiger partial charge in [0.25, 0.3) is 0 Å². The largest absolute Gasteiger partial charge is 0.299 e. The molecule has 1 aromatic carbocycles. The number of carbonyl (C=O) groups is 1. The molecule has 3 nitrogen and oxygen atoms in total. The zero-order chi connectivity index (χ0) is 16.0. The van der Waals surface area contributed by atoms with Crippen LogP contribution in [0.15, 0.2) is 36.5 Å². The molecule has 0 aliphatic heterocycles. The van der Waals surface area contributed by atoms with Crippen LogP contribution in [0.2, 0.25) is 0 Å². The molecule has 118 valence electrons. The number of rotatable bonds is 1. The first kappa shape index (κ1) is 14.6. The van der Waals surface area contributed by atoms with E-state index in [-0.39, 0.29) is 11.3 Å². The van der Waals surface area contributed by atoms with E-state index in [1.807, 2.05) is 13.1 Å². The number of hydrogen-bond acceptors (Lipinski definition) is 3. The maximum Gasteiger partial charge on any atom is 0.136 e. The summed E-state index contributed by atoms with van der Waals surface area (Å²) >= 11 is 0. The molecule has 2 aliphatic carbocycles. The molecule has 1 aromatic heterocycles. The quantitative estimate of drug-likeness (QED) is 0.808. The van der Waals surface area contributed by atoms with E-state index in [1.54, 1.807) is 0 Å².